The van der Waals surface area contributed by atoms with E-state index >= 15 is 0 Å². The van der Waals surface area contributed by atoms with Gasteiger partial charge in [0, 0.05) is 0 Å². The van der Waals surface area contributed by atoms with Crippen molar-refractivity contribution < 1.29 is 14.6 Å². The number of benzene rings is 1. The van der Waals surface area contributed by atoms with Crippen LogP contribution in [0.15, 0.2) is 18.2 Å². The summed E-state index contributed by atoms with van der Waals surface area (Å²) in [5.41, 5.74) is 6.64. The number of carboxylic acids is 1. The molecule has 0 saturated carbocycles. The minimum Gasteiger partial charge on any atom is -0.478 e. The van der Waals surface area contributed by atoms with Gasteiger partial charge >= 0.3 is 5.97 Å². The van der Waals surface area contributed by atoms with Crippen LogP contribution in [0.3, 0.4) is 0 Å². The van der Waals surface area contributed by atoms with Crippen molar-refractivity contribution in [1.82, 2.24) is 0 Å². The number of carboxylic acid groups (broad SMARTS) is 1. The maximum atomic E-state index is 11.0. The Hall–Kier alpha value is -1.55. The van der Waals surface area contributed by atoms with Gasteiger partial charge in [0.25, 0.3) is 0 Å². The van der Waals surface area contributed by atoms with E-state index in [0.29, 0.717) is 12.3 Å². The van der Waals surface area contributed by atoms with E-state index in [0.717, 1.165) is 11.1 Å². The first-order valence-corrected chi connectivity index (χ1v) is 6.01. The highest BCUT2D eigenvalue weighted by Gasteiger charge is 2.29. The van der Waals surface area contributed by atoms with E-state index in [9.17, 15) is 4.79 Å². The lowest BCUT2D eigenvalue weighted by molar-refractivity contribution is -0.152. The molecule has 0 aliphatic heterocycles. The number of hydrogen-bond acceptors (Lipinski definition) is 3. The van der Waals surface area contributed by atoms with Gasteiger partial charge in [-0.3, -0.25) is 0 Å². The van der Waals surface area contributed by atoms with Crippen LogP contribution in [0.25, 0.3) is 0 Å². The molecule has 1 aromatic carbocycles. The van der Waals surface area contributed by atoms with Crippen LogP contribution in [0, 0.1) is 6.92 Å². The van der Waals surface area contributed by atoms with Crippen molar-refractivity contribution in [2.45, 2.75) is 39.2 Å². The third-order valence-corrected chi connectivity index (χ3v) is 3.01. The lowest BCUT2D eigenvalue weighted by Gasteiger charge is -2.22. The van der Waals surface area contributed by atoms with Crippen molar-refractivity contribution in [1.29, 1.82) is 0 Å². The quantitative estimate of drug-likeness (QED) is 0.842. The van der Waals surface area contributed by atoms with Crippen LogP contribution in [0.5, 0.6) is 5.75 Å². The van der Waals surface area contributed by atoms with Gasteiger partial charge in [0.05, 0.1) is 0 Å². The molecular formula is C14H21NO3. The zero-order valence-electron chi connectivity index (χ0n) is 11.4. The molecule has 0 spiro atoms. The van der Waals surface area contributed by atoms with Crippen molar-refractivity contribution in [3.05, 3.63) is 29.3 Å². The van der Waals surface area contributed by atoms with E-state index < -0.39 is 11.6 Å². The van der Waals surface area contributed by atoms with Crippen LogP contribution in [0.4, 0.5) is 0 Å². The van der Waals surface area contributed by atoms with Gasteiger partial charge in [-0.2, -0.15) is 0 Å². The van der Waals surface area contributed by atoms with Crippen LogP contribution in [-0.2, 0) is 4.79 Å². The fourth-order valence-electron chi connectivity index (χ4n) is 1.73. The van der Waals surface area contributed by atoms with Crippen molar-refractivity contribution >= 4 is 5.97 Å². The molecule has 0 heterocycles. The molecule has 0 radical (unpaired) electrons. The number of aliphatic carboxylic acids is 1. The zero-order chi connectivity index (χ0) is 13.9. The van der Waals surface area contributed by atoms with Crippen LogP contribution in [0.2, 0.25) is 0 Å². The minimum atomic E-state index is -1.23. The van der Waals surface area contributed by atoms with Crippen LogP contribution in [0.1, 0.15) is 37.8 Å². The minimum absolute atomic E-state index is 0.284. The first-order chi connectivity index (χ1) is 8.27. The molecule has 0 fully saturated rings. The van der Waals surface area contributed by atoms with Crippen LogP contribution < -0.4 is 10.5 Å². The molecule has 1 unspecified atom stereocenters. The largest absolute Gasteiger partial charge is 0.478 e. The summed E-state index contributed by atoms with van der Waals surface area (Å²) in [6, 6.07) is 5.59. The van der Waals surface area contributed by atoms with Gasteiger partial charge in [0.15, 0.2) is 5.60 Å². The molecule has 0 amide bonds. The molecule has 1 aromatic rings. The van der Waals surface area contributed by atoms with Crippen molar-refractivity contribution in [2.75, 3.05) is 6.54 Å². The third-order valence-electron chi connectivity index (χ3n) is 3.01. The molecule has 100 valence electrons. The second-order valence-corrected chi connectivity index (χ2v) is 5.07. The highest BCUT2D eigenvalue weighted by molar-refractivity contribution is 5.76. The van der Waals surface area contributed by atoms with Gasteiger partial charge in [-0.1, -0.05) is 13.0 Å². The Labute approximate surface area is 108 Å². The van der Waals surface area contributed by atoms with E-state index in [1.165, 1.54) is 13.8 Å². The number of hydrogen-bond donors (Lipinski definition) is 2. The maximum Gasteiger partial charge on any atom is 0.347 e. The predicted octanol–water partition coefficient (Wildman–Crippen LogP) is 2.30. The van der Waals surface area contributed by atoms with E-state index in [-0.39, 0.29) is 5.92 Å². The van der Waals surface area contributed by atoms with Gasteiger partial charge in [0.1, 0.15) is 5.75 Å². The van der Waals surface area contributed by atoms with Gasteiger partial charge in [-0.15, -0.1) is 0 Å². The van der Waals surface area contributed by atoms with E-state index in [1.54, 1.807) is 6.07 Å². The summed E-state index contributed by atoms with van der Waals surface area (Å²) < 4.78 is 5.48. The number of carbonyl (C=O) groups is 1. The lowest BCUT2D eigenvalue weighted by Crippen LogP contribution is -2.37. The Morgan fingerprint density at radius 1 is 1.50 bits per heavy atom. The number of ether oxygens (including phenoxy) is 1. The van der Waals surface area contributed by atoms with E-state index in [1.807, 2.05) is 19.1 Å². The molecule has 1 atom stereocenters. The molecule has 1 rings (SSSR count). The highest BCUT2D eigenvalue weighted by Crippen LogP contribution is 2.25. The summed E-state index contributed by atoms with van der Waals surface area (Å²) in [5, 5.41) is 9.01. The van der Waals surface area contributed by atoms with E-state index in [2.05, 4.69) is 6.92 Å². The number of aryl methyl sites for hydroxylation is 1. The number of nitrogens with two attached hydrogens (primary N) is 1. The zero-order valence-corrected chi connectivity index (χ0v) is 11.4. The Morgan fingerprint density at radius 3 is 2.56 bits per heavy atom. The monoisotopic (exact) mass is 251 g/mol. The maximum absolute atomic E-state index is 11.0. The first-order valence-electron chi connectivity index (χ1n) is 6.01. The standard InChI is InChI=1S/C14H21NO3/c1-9-7-11(18-14(3,4)13(16)17)5-6-12(9)10(2)8-15/h5-7,10H,8,15H2,1-4H3,(H,16,17). The average Bonchev–Trinajstić information content (AvgIpc) is 2.27. The Bertz CT molecular complexity index is 441. The summed E-state index contributed by atoms with van der Waals surface area (Å²) in [7, 11) is 0. The van der Waals surface area contributed by atoms with Crippen LogP contribution in [-0.4, -0.2) is 23.2 Å². The Morgan fingerprint density at radius 2 is 2.11 bits per heavy atom. The summed E-state index contributed by atoms with van der Waals surface area (Å²) in [6.45, 7) is 7.68. The summed E-state index contributed by atoms with van der Waals surface area (Å²) in [5.74, 6) is -0.140. The fraction of sp³-hybridized carbons (Fsp3) is 0.500. The first kappa shape index (κ1) is 14.5. The normalized spacial score (nSPS) is 13.2. The fourth-order valence-corrected chi connectivity index (χ4v) is 1.73. The topological polar surface area (TPSA) is 72.5 Å². The van der Waals surface area contributed by atoms with Crippen molar-refractivity contribution in [3.8, 4) is 5.75 Å². The molecule has 4 nitrogen and oxygen atoms in total. The van der Waals surface area contributed by atoms with Gasteiger partial charge in [0.2, 0.25) is 0 Å². The molecule has 18 heavy (non-hydrogen) atoms. The third kappa shape index (κ3) is 3.23. The molecular weight excluding hydrogens is 230 g/mol. The molecule has 0 bridgehead atoms. The van der Waals surface area contributed by atoms with Gasteiger partial charge in [-0.05, 0) is 56.5 Å². The molecule has 0 aliphatic carbocycles. The number of rotatable bonds is 5. The Balaban J connectivity index is 2.95. The molecule has 3 N–H and O–H groups in total. The van der Waals surface area contributed by atoms with Crippen molar-refractivity contribution in [2.24, 2.45) is 5.73 Å². The molecule has 0 saturated heterocycles. The lowest BCUT2D eigenvalue weighted by atomic mass is 9.96. The SMILES string of the molecule is Cc1cc(OC(C)(C)C(=O)O)ccc1C(C)CN. The van der Waals surface area contributed by atoms with E-state index in [4.69, 9.17) is 15.6 Å². The van der Waals surface area contributed by atoms with Crippen LogP contribution >= 0.6 is 0 Å². The average molecular weight is 251 g/mol. The smallest absolute Gasteiger partial charge is 0.347 e. The molecule has 0 aliphatic rings. The summed E-state index contributed by atoms with van der Waals surface area (Å²) in [4.78, 5) is 11.0. The molecule has 0 aromatic heterocycles. The second-order valence-electron chi connectivity index (χ2n) is 5.07. The Kier molecular flexibility index (Phi) is 4.35. The van der Waals surface area contributed by atoms with Gasteiger partial charge in [-0.25, -0.2) is 4.79 Å². The molecule has 4 heteroatoms. The van der Waals surface area contributed by atoms with Crippen molar-refractivity contribution in [3.63, 3.8) is 0 Å². The summed E-state index contributed by atoms with van der Waals surface area (Å²) >= 11 is 0. The summed E-state index contributed by atoms with van der Waals surface area (Å²) in [6.07, 6.45) is 0. The van der Waals surface area contributed by atoms with Gasteiger partial charge < -0.3 is 15.6 Å². The highest BCUT2D eigenvalue weighted by atomic mass is 16.5. The second kappa shape index (κ2) is 5.40. The predicted molar refractivity (Wildman–Crippen MR) is 71.0 cm³/mol.